The van der Waals surface area contributed by atoms with E-state index in [1.165, 1.54) is 14.2 Å². The fourth-order valence-corrected chi connectivity index (χ4v) is 2.44. The molecular formula is C17H12F3NO3. The Kier molecular flexibility index (Phi) is 3.92. The number of hydrogen-bond donors (Lipinski definition) is 1. The molecule has 7 heteroatoms. The Morgan fingerprint density at radius 1 is 1.08 bits per heavy atom. The molecule has 0 bridgehead atoms. The molecule has 0 unspecified atom stereocenters. The number of hydrogen-bond acceptors (Lipinski definition) is 3. The lowest BCUT2D eigenvalue weighted by Gasteiger charge is -2.05. The predicted molar refractivity (Wildman–Crippen MR) is 81.5 cm³/mol. The monoisotopic (exact) mass is 335 g/mol. The molecule has 0 radical (unpaired) electrons. The zero-order valence-electron chi connectivity index (χ0n) is 12.7. The molecule has 1 aromatic heterocycles. The first-order chi connectivity index (χ1) is 11.5. The summed E-state index contributed by atoms with van der Waals surface area (Å²) in [6.45, 7) is 0. The number of halogens is 3. The third-order valence-corrected chi connectivity index (χ3v) is 3.60. The number of rotatable bonds is 3. The molecule has 3 aromatic rings. The van der Waals surface area contributed by atoms with E-state index in [-0.39, 0.29) is 22.5 Å². The average molecular weight is 335 g/mol. The van der Waals surface area contributed by atoms with E-state index >= 15 is 0 Å². The number of fused-ring (bicyclic) bond motifs is 1. The van der Waals surface area contributed by atoms with Gasteiger partial charge in [-0.15, -0.1) is 0 Å². The molecule has 0 saturated heterocycles. The average Bonchev–Trinajstić information content (AvgIpc) is 2.95. The van der Waals surface area contributed by atoms with Crippen LogP contribution in [-0.2, 0) is 0 Å². The van der Waals surface area contributed by atoms with Crippen molar-refractivity contribution < 1.29 is 27.1 Å². The summed E-state index contributed by atoms with van der Waals surface area (Å²) in [5.41, 5.74) is -0.0486. The van der Waals surface area contributed by atoms with Crippen molar-refractivity contribution in [3.05, 3.63) is 53.3 Å². The van der Waals surface area contributed by atoms with Gasteiger partial charge in [0, 0.05) is 18.5 Å². The Hall–Kier alpha value is -2.96. The molecule has 0 aliphatic heterocycles. The maximum atomic E-state index is 14.1. The fraction of sp³-hybridized carbons (Fsp3) is 0.118. The van der Waals surface area contributed by atoms with Gasteiger partial charge in [0.05, 0.1) is 18.2 Å². The highest BCUT2D eigenvalue weighted by molar-refractivity contribution is 6.11. The van der Waals surface area contributed by atoms with E-state index in [2.05, 4.69) is 5.32 Å². The maximum Gasteiger partial charge on any atom is 0.255 e. The van der Waals surface area contributed by atoms with E-state index in [4.69, 9.17) is 9.15 Å². The summed E-state index contributed by atoms with van der Waals surface area (Å²) in [5.74, 6) is -3.88. The van der Waals surface area contributed by atoms with Gasteiger partial charge in [-0.25, -0.2) is 13.2 Å². The fourth-order valence-electron chi connectivity index (χ4n) is 2.44. The van der Waals surface area contributed by atoms with Gasteiger partial charge < -0.3 is 14.5 Å². The van der Waals surface area contributed by atoms with E-state index in [1.807, 2.05) is 0 Å². The third-order valence-electron chi connectivity index (χ3n) is 3.60. The number of carbonyl (C=O) groups excluding carboxylic acids is 1. The van der Waals surface area contributed by atoms with Crippen LogP contribution < -0.4 is 10.1 Å². The van der Waals surface area contributed by atoms with E-state index in [9.17, 15) is 18.0 Å². The molecule has 2 aromatic carbocycles. The summed E-state index contributed by atoms with van der Waals surface area (Å²) in [6.07, 6.45) is 0. The normalized spacial score (nSPS) is 10.9. The summed E-state index contributed by atoms with van der Waals surface area (Å²) in [5, 5.41) is 2.79. The Balaban J connectivity index is 2.35. The van der Waals surface area contributed by atoms with Gasteiger partial charge >= 0.3 is 0 Å². The second-order valence-corrected chi connectivity index (χ2v) is 4.99. The molecule has 0 spiro atoms. The van der Waals surface area contributed by atoms with E-state index in [1.54, 1.807) is 18.2 Å². The molecule has 1 heterocycles. The standard InChI is InChI=1S/C17H12F3NO3/c1-21-17(22)15-10-5-8(23-2)3-4-14(10)24-16(15)9-6-12(19)13(20)7-11(9)18/h3-7H,1-2H3,(H,21,22). The molecule has 0 aliphatic rings. The Bertz CT molecular complexity index is 950. The van der Waals surface area contributed by atoms with Crippen molar-refractivity contribution in [2.75, 3.05) is 14.2 Å². The summed E-state index contributed by atoms with van der Waals surface area (Å²) < 4.78 is 51.5. The number of nitrogens with one attached hydrogen (secondary N) is 1. The highest BCUT2D eigenvalue weighted by Gasteiger charge is 2.25. The molecule has 0 atom stereocenters. The second-order valence-electron chi connectivity index (χ2n) is 4.99. The molecule has 1 amide bonds. The van der Waals surface area contributed by atoms with Crippen molar-refractivity contribution >= 4 is 16.9 Å². The number of amides is 1. The maximum absolute atomic E-state index is 14.1. The van der Waals surface area contributed by atoms with Crippen LogP contribution in [0.15, 0.2) is 34.7 Å². The molecule has 124 valence electrons. The van der Waals surface area contributed by atoms with Crippen molar-refractivity contribution in [1.29, 1.82) is 0 Å². The Morgan fingerprint density at radius 3 is 2.46 bits per heavy atom. The summed E-state index contributed by atoms with van der Waals surface area (Å²) in [6, 6.07) is 5.76. The van der Waals surface area contributed by atoms with Gasteiger partial charge in [-0.3, -0.25) is 4.79 Å². The van der Waals surface area contributed by atoms with Gasteiger partial charge in [-0.05, 0) is 24.3 Å². The highest BCUT2D eigenvalue weighted by atomic mass is 19.2. The van der Waals surface area contributed by atoms with Crippen LogP contribution in [-0.4, -0.2) is 20.1 Å². The first-order valence-electron chi connectivity index (χ1n) is 6.93. The lowest BCUT2D eigenvalue weighted by Crippen LogP contribution is -2.18. The van der Waals surface area contributed by atoms with Crippen LogP contribution in [0.25, 0.3) is 22.3 Å². The number of ether oxygens (including phenoxy) is 1. The van der Waals surface area contributed by atoms with Gasteiger partial charge in [0.2, 0.25) is 0 Å². The lowest BCUT2D eigenvalue weighted by molar-refractivity contribution is 0.0964. The van der Waals surface area contributed by atoms with Crippen molar-refractivity contribution in [2.45, 2.75) is 0 Å². The van der Waals surface area contributed by atoms with Crippen LogP contribution in [0.5, 0.6) is 5.75 Å². The largest absolute Gasteiger partial charge is 0.497 e. The molecule has 0 saturated carbocycles. The van der Waals surface area contributed by atoms with Crippen molar-refractivity contribution in [2.24, 2.45) is 0 Å². The summed E-state index contributed by atoms with van der Waals surface area (Å²) >= 11 is 0. The van der Waals surface area contributed by atoms with Crippen LogP contribution in [0, 0.1) is 17.5 Å². The van der Waals surface area contributed by atoms with E-state index in [0.717, 1.165) is 0 Å². The predicted octanol–water partition coefficient (Wildman–Crippen LogP) is 3.89. The van der Waals surface area contributed by atoms with Crippen molar-refractivity contribution in [3.8, 4) is 17.1 Å². The number of benzene rings is 2. The number of carbonyl (C=O) groups is 1. The minimum atomic E-state index is -1.32. The van der Waals surface area contributed by atoms with E-state index < -0.39 is 23.4 Å². The first-order valence-corrected chi connectivity index (χ1v) is 6.93. The molecular weight excluding hydrogens is 323 g/mol. The van der Waals surface area contributed by atoms with Gasteiger partial charge in [-0.1, -0.05) is 0 Å². The van der Waals surface area contributed by atoms with Crippen LogP contribution in [0.1, 0.15) is 10.4 Å². The van der Waals surface area contributed by atoms with Gasteiger partial charge in [0.25, 0.3) is 5.91 Å². The number of furan rings is 1. The molecule has 4 nitrogen and oxygen atoms in total. The van der Waals surface area contributed by atoms with Crippen LogP contribution in [0.2, 0.25) is 0 Å². The second kappa shape index (κ2) is 5.92. The Labute approximate surface area is 134 Å². The summed E-state index contributed by atoms with van der Waals surface area (Å²) in [7, 11) is 2.85. The smallest absolute Gasteiger partial charge is 0.255 e. The quantitative estimate of drug-likeness (QED) is 0.739. The molecule has 0 fully saturated rings. The molecule has 1 N–H and O–H groups in total. The lowest BCUT2D eigenvalue weighted by atomic mass is 10.0. The molecule has 0 aliphatic carbocycles. The minimum absolute atomic E-state index is 0.0105. The minimum Gasteiger partial charge on any atom is -0.497 e. The Morgan fingerprint density at radius 2 is 1.79 bits per heavy atom. The summed E-state index contributed by atoms with van der Waals surface area (Å²) in [4.78, 5) is 12.2. The molecule has 3 rings (SSSR count). The van der Waals surface area contributed by atoms with Crippen molar-refractivity contribution in [1.82, 2.24) is 5.32 Å². The first kappa shape index (κ1) is 15.9. The van der Waals surface area contributed by atoms with Gasteiger partial charge in [0.1, 0.15) is 17.1 Å². The molecule has 24 heavy (non-hydrogen) atoms. The van der Waals surface area contributed by atoms with Gasteiger partial charge in [-0.2, -0.15) is 0 Å². The van der Waals surface area contributed by atoms with E-state index in [0.29, 0.717) is 23.3 Å². The van der Waals surface area contributed by atoms with Gasteiger partial charge in [0.15, 0.2) is 17.4 Å². The van der Waals surface area contributed by atoms with Crippen LogP contribution >= 0.6 is 0 Å². The highest BCUT2D eigenvalue weighted by Crippen LogP contribution is 2.37. The van der Waals surface area contributed by atoms with Crippen molar-refractivity contribution in [3.63, 3.8) is 0 Å². The van der Waals surface area contributed by atoms with Crippen LogP contribution in [0.4, 0.5) is 13.2 Å². The van der Waals surface area contributed by atoms with Crippen LogP contribution in [0.3, 0.4) is 0 Å². The topological polar surface area (TPSA) is 51.5 Å². The zero-order valence-corrected chi connectivity index (χ0v) is 12.7. The zero-order chi connectivity index (χ0) is 17.4. The third kappa shape index (κ3) is 2.47. The number of methoxy groups -OCH3 is 1. The SMILES string of the molecule is CNC(=O)c1c(-c2cc(F)c(F)cc2F)oc2ccc(OC)cc12.